The van der Waals surface area contributed by atoms with Gasteiger partial charge in [-0.1, -0.05) is 23.2 Å². The lowest BCUT2D eigenvalue weighted by atomic mass is 10.5. The van der Waals surface area contributed by atoms with Crippen LogP contribution in [0.25, 0.3) is 6.08 Å². The van der Waals surface area contributed by atoms with Crippen molar-refractivity contribution in [2.24, 2.45) is 4.99 Å². The zero-order chi connectivity index (χ0) is 13.3. The molecule has 6 nitrogen and oxygen atoms in total. The molecule has 18 heavy (non-hydrogen) atoms. The van der Waals surface area contributed by atoms with Crippen LogP contribution in [0.1, 0.15) is 0 Å². The number of carbonyl (C=O) groups is 1. The number of nitrogens with one attached hydrogen (secondary N) is 1. The van der Waals surface area contributed by atoms with Crippen molar-refractivity contribution in [3.8, 4) is 0 Å². The van der Waals surface area contributed by atoms with Crippen LogP contribution in [0.2, 0.25) is 0 Å². The Kier molecular flexibility index (Phi) is 3.65. The highest BCUT2D eigenvalue weighted by Crippen LogP contribution is 2.18. The van der Waals surface area contributed by atoms with Gasteiger partial charge in [-0.25, -0.2) is 9.79 Å². The van der Waals surface area contributed by atoms with Crippen LogP contribution in [-0.4, -0.2) is 18.1 Å². The van der Waals surface area contributed by atoms with E-state index in [0.717, 1.165) is 17.4 Å². The third-order valence-electron chi connectivity index (χ3n) is 1.89. The largest absolute Gasteiger partial charge is 0.466 e. The summed E-state index contributed by atoms with van der Waals surface area (Å²) in [4.78, 5) is 30.4. The Morgan fingerprint density at radius 3 is 2.89 bits per heavy atom. The maximum atomic E-state index is 11.6. The van der Waals surface area contributed by atoms with E-state index in [1.54, 1.807) is 0 Å². The number of halogens is 2. The normalized spacial score (nSPS) is 14.7. The first-order chi connectivity index (χ1) is 8.51. The quantitative estimate of drug-likeness (QED) is 0.588. The summed E-state index contributed by atoms with van der Waals surface area (Å²) in [5.74, 6) is -0.435. The van der Waals surface area contributed by atoms with E-state index in [4.69, 9.17) is 23.2 Å². The van der Waals surface area contributed by atoms with Gasteiger partial charge in [0.05, 0.1) is 7.11 Å². The summed E-state index contributed by atoms with van der Waals surface area (Å²) in [5.41, 5.74) is -0.575. The fourth-order valence-corrected chi connectivity index (χ4v) is 2.25. The van der Waals surface area contributed by atoms with E-state index in [0.29, 0.717) is 4.67 Å². The van der Waals surface area contributed by atoms with Crippen LogP contribution >= 0.6 is 34.5 Å². The predicted molar refractivity (Wildman–Crippen MR) is 68.0 cm³/mol. The SMILES string of the molecule is COC(=O)/C=c1\sc2c(nc1=O)NC(Cl)=C(Cl)N=2. The van der Waals surface area contributed by atoms with Gasteiger partial charge in [0.25, 0.3) is 5.56 Å². The fraction of sp³-hybridized carbons (Fsp3) is 0.111. The Balaban J connectivity index is 2.68. The van der Waals surface area contributed by atoms with Crippen molar-refractivity contribution in [3.05, 3.63) is 29.9 Å². The molecule has 0 unspecified atom stereocenters. The third-order valence-corrected chi connectivity index (χ3v) is 3.53. The lowest BCUT2D eigenvalue weighted by Gasteiger charge is -2.08. The summed E-state index contributed by atoms with van der Waals surface area (Å²) in [7, 11) is 1.21. The van der Waals surface area contributed by atoms with Crippen molar-refractivity contribution in [1.29, 1.82) is 0 Å². The number of fused-ring (bicyclic) bond motifs is 1. The second-order valence-corrected chi connectivity index (χ2v) is 4.81. The van der Waals surface area contributed by atoms with E-state index in [2.05, 4.69) is 20.0 Å². The summed E-state index contributed by atoms with van der Waals surface area (Å²) < 4.78 is 4.90. The van der Waals surface area contributed by atoms with Crippen LogP contribution in [-0.2, 0) is 9.53 Å². The average Bonchev–Trinajstić information content (AvgIpc) is 2.32. The summed E-state index contributed by atoms with van der Waals surface area (Å²) in [6, 6.07) is 0. The van der Waals surface area contributed by atoms with E-state index in [1.807, 2.05) is 0 Å². The smallest absolute Gasteiger partial charge is 0.332 e. The number of methoxy groups -OCH3 is 1. The van der Waals surface area contributed by atoms with Gasteiger partial charge < -0.3 is 10.1 Å². The first kappa shape index (κ1) is 13.0. The molecule has 0 radical (unpaired) electrons. The van der Waals surface area contributed by atoms with Crippen LogP contribution in [0.15, 0.2) is 20.1 Å². The van der Waals surface area contributed by atoms with E-state index < -0.39 is 11.5 Å². The van der Waals surface area contributed by atoms with Crippen molar-refractivity contribution in [3.63, 3.8) is 0 Å². The second kappa shape index (κ2) is 5.05. The van der Waals surface area contributed by atoms with Crippen molar-refractivity contribution in [2.45, 2.75) is 0 Å². The molecule has 1 aromatic heterocycles. The first-order valence-corrected chi connectivity index (χ1v) is 6.10. The molecular weight excluding hydrogens is 301 g/mol. The summed E-state index contributed by atoms with van der Waals surface area (Å²) in [5, 5.41) is 2.78. The van der Waals surface area contributed by atoms with Gasteiger partial charge in [-0.3, -0.25) is 4.79 Å². The Morgan fingerprint density at radius 2 is 2.22 bits per heavy atom. The Bertz CT molecular complexity index is 726. The van der Waals surface area contributed by atoms with Gasteiger partial charge in [-0.05, 0) is 0 Å². The standard InChI is InChI=1S/C9H5Cl2N3O3S/c1-17-4(15)2-3-8(16)14-7-9(18-3)13-6(11)5(10)12-7/h2H,1H3,(H,12,14,16)/b3-2-. The van der Waals surface area contributed by atoms with Gasteiger partial charge in [0.15, 0.2) is 15.6 Å². The van der Waals surface area contributed by atoms with Crippen LogP contribution in [0.3, 0.4) is 0 Å². The maximum absolute atomic E-state index is 11.6. The molecule has 2 rings (SSSR count). The molecular formula is C9H5Cl2N3O3S. The third kappa shape index (κ3) is 2.53. The molecule has 1 aliphatic rings. The van der Waals surface area contributed by atoms with E-state index in [-0.39, 0.29) is 20.7 Å². The number of anilines is 1. The molecule has 2 heterocycles. The van der Waals surface area contributed by atoms with Crippen LogP contribution in [0.4, 0.5) is 5.82 Å². The molecule has 1 aliphatic heterocycles. The lowest BCUT2D eigenvalue weighted by Crippen LogP contribution is -2.32. The van der Waals surface area contributed by atoms with Gasteiger partial charge in [0.1, 0.15) is 9.69 Å². The molecule has 94 valence electrons. The molecule has 0 fully saturated rings. The Labute approximate surface area is 114 Å². The fourth-order valence-electron chi connectivity index (χ4n) is 1.11. The zero-order valence-corrected chi connectivity index (χ0v) is 11.2. The maximum Gasteiger partial charge on any atom is 0.332 e. The molecule has 0 atom stereocenters. The van der Waals surface area contributed by atoms with Crippen molar-refractivity contribution >= 4 is 52.4 Å². The molecule has 0 amide bonds. The second-order valence-electron chi connectivity index (χ2n) is 3.05. The predicted octanol–water partition coefficient (Wildman–Crippen LogP) is 0.106. The highest BCUT2D eigenvalue weighted by atomic mass is 35.5. The molecule has 0 spiro atoms. The molecule has 0 bridgehead atoms. The highest BCUT2D eigenvalue weighted by Gasteiger charge is 2.13. The van der Waals surface area contributed by atoms with E-state index in [1.165, 1.54) is 7.11 Å². The number of nitrogens with zero attached hydrogens (tertiary/aromatic N) is 2. The molecule has 1 aromatic rings. The van der Waals surface area contributed by atoms with Gasteiger partial charge in [-0.2, -0.15) is 4.98 Å². The summed E-state index contributed by atoms with van der Waals surface area (Å²) >= 11 is 12.4. The Morgan fingerprint density at radius 1 is 1.50 bits per heavy atom. The molecule has 0 aromatic carbocycles. The zero-order valence-electron chi connectivity index (χ0n) is 8.86. The topological polar surface area (TPSA) is 80.6 Å². The number of carbonyl (C=O) groups excluding carboxylic acids is 1. The molecule has 1 N–H and O–H groups in total. The van der Waals surface area contributed by atoms with E-state index in [9.17, 15) is 9.59 Å². The van der Waals surface area contributed by atoms with Crippen molar-refractivity contribution in [2.75, 3.05) is 12.4 Å². The minimum atomic E-state index is -0.645. The number of esters is 1. The lowest BCUT2D eigenvalue weighted by molar-refractivity contribution is -0.133. The minimum Gasteiger partial charge on any atom is -0.466 e. The summed E-state index contributed by atoms with van der Waals surface area (Å²) in [6.07, 6.45) is 1.05. The van der Waals surface area contributed by atoms with Gasteiger partial charge in [0.2, 0.25) is 0 Å². The Hall–Kier alpha value is -1.44. The number of ether oxygens (including phenoxy) is 1. The van der Waals surface area contributed by atoms with Crippen molar-refractivity contribution < 1.29 is 9.53 Å². The summed E-state index contributed by atoms with van der Waals surface area (Å²) in [6.45, 7) is 0. The van der Waals surface area contributed by atoms with E-state index >= 15 is 0 Å². The molecule has 0 saturated heterocycles. The van der Waals surface area contributed by atoms with Gasteiger partial charge in [-0.15, -0.1) is 11.3 Å². The van der Waals surface area contributed by atoms with Gasteiger partial charge in [0, 0.05) is 6.08 Å². The van der Waals surface area contributed by atoms with Crippen LogP contribution < -0.4 is 20.1 Å². The number of rotatable bonds is 1. The monoisotopic (exact) mass is 305 g/mol. The minimum absolute atomic E-state index is 0.0601. The number of hydrogen-bond acceptors (Lipinski definition) is 7. The molecule has 0 aliphatic carbocycles. The first-order valence-electron chi connectivity index (χ1n) is 4.53. The van der Waals surface area contributed by atoms with Crippen LogP contribution in [0.5, 0.6) is 0 Å². The number of aromatic nitrogens is 1. The number of hydrogen-bond donors (Lipinski definition) is 1. The van der Waals surface area contributed by atoms with Crippen molar-refractivity contribution in [1.82, 2.24) is 4.98 Å². The average molecular weight is 306 g/mol. The molecule has 9 heteroatoms. The highest BCUT2D eigenvalue weighted by molar-refractivity contribution is 7.07. The van der Waals surface area contributed by atoms with Gasteiger partial charge >= 0.3 is 5.97 Å². The molecule has 0 saturated carbocycles. The van der Waals surface area contributed by atoms with Crippen LogP contribution in [0, 0.1) is 0 Å².